The molecule has 0 radical (unpaired) electrons. The Labute approximate surface area is 130 Å². The zero-order valence-corrected chi connectivity index (χ0v) is 12.8. The van der Waals surface area contributed by atoms with Crippen molar-refractivity contribution in [2.45, 2.75) is 6.04 Å². The predicted octanol–water partition coefficient (Wildman–Crippen LogP) is 1.80. The lowest BCUT2D eigenvalue weighted by Gasteiger charge is -2.26. The third-order valence-corrected chi connectivity index (χ3v) is 4.98. The van der Waals surface area contributed by atoms with Crippen molar-refractivity contribution in [1.82, 2.24) is 14.9 Å². The van der Waals surface area contributed by atoms with Crippen LogP contribution in [-0.4, -0.2) is 41.5 Å². The zero-order chi connectivity index (χ0) is 15.1. The fraction of sp³-hybridized carbons (Fsp3) is 0.412. The predicted molar refractivity (Wildman–Crippen MR) is 87.5 cm³/mol. The monoisotopic (exact) mass is 295 g/mol. The van der Waals surface area contributed by atoms with E-state index in [1.165, 1.54) is 5.56 Å². The summed E-state index contributed by atoms with van der Waals surface area (Å²) in [5, 5.41) is 0. The number of nitrogens with zero attached hydrogens (tertiary/aromatic N) is 4. The van der Waals surface area contributed by atoms with Crippen LogP contribution in [-0.2, 0) is 0 Å². The van der Waals surface area contributed by atoms with E-state index in [4.69, 9.17) is 5.73 Å². The summed E-state index contributed by atoms with van der Waals surface area (Å²) in [5.74, 6) is 2.60. The fourth-order valence-electron chi connectivity index (χ4n) is 4.09. The minimum Gasteiger partial charge on any atom is -0.384 e. The molecule has 4 rings (SSSR count). The van der Waals surface area contributed by atoms with Crippen molar-refractivity contribution in [2.75, 3.05) is 37.3 Å². The molecule has 0 saturated carbocycles. The van der Waals surface area contributed by atoms with Crippen molar-refractivity contribution >= 4 is 11.8 Å². The number of benzene rings is 1. The summed E-state index contributed by atoms with van der Waals surface area (Å²) in [7, 11) is 2.23. The smallest absolute Gasteiger partial charge is 0.227 e. The SMILES string of the molecule is CN1C[C@H]2CN(c3nccc(N)n3)C[C@H]2[C@@H]1c1ccccc1. The van der Waals surface area contributed by atoms with Gasteiger partial charge in [-0.05, 0) is 24.6 Å². The van der Waals surface area contributed by atoms with Gasteiger partial charge in [0.15, 0.2) is 0 Å². The molecule has 3 heterocycles. The third kappa shape index (κ3) is 2.22. The van der Waals surface area contributed by atoms with E-state index in [1.807, 2.05) is 0 Å². The van der Waals surface area contributed by atoms with Gasteiger partial charge in [-0.25, -0.2) is 4.98 Å². The summed E-state index contributed by atoms with van der Waals surface area (Å²) >= 11 is 0. The second-order valence-corrected chi connectivity index (χ2v) is 6.41. The minimum atomic E-state index is 0.484. The van der Waals surface area contributed by atoms with Gasteiger partial charge in [0, 0.05) is 37.8 Å². The molecular formula is C17H21N5. The summed E-state index contributed by atoms with van der Waals surface area (Å²) < 4.78 is 0. The van der Waals surface area contributed by atoms with Crippen LogP contribution in [0.1, 0.15) is 11.6 Å². The summed E-state index contributed by atoms with van der Waals surface area (Å²) in [5.41, 5.74) is 7.21. The Bertz CT molecular complexity index is 659. The molecule has 2 fully saturated rings. The number of likely N-dealkylation sites (tertiary alicyclic amines) is 1. The highest BCUT2D eigenvalue weighted by atomic mass is 15.3. The Morgan fingerprint density at radius 1 is 1.09 bits per heavy atom. The van der Waals surface area contributed by atoms with E-state index < -0.39 is 0 Å². The van der Waals surface area contributed by atoms with Crippen molar-refractivity contribution in [3.05, 3.63) is 48.2 Å². The first-order chi connectivity index (χ1) is 10.7. The van der Waals surface area contributed by atoms with Crippen LogP contribution >= 0.6 is 0 Å². The van der Waals surface area contributed by atoms with Gasteiger partial charge in [0.1, 0.15) is 5.82 Å². The standard InChI is InChI=1S/C17H21N5/c1-21-9-13-10-22(17-19-8-7-15(18)20-17)11-14(13)16(21)12-5-3-2-4-6-12/h2-8,13-14,16H,9-11H2,1H3,(H2,18,19,20)/t13-,14+,16-/m0/s1. The van der Waals surface area contributed by atoms with Gasteiger partial charge in [-0.2, -0.15) is 4.98 Å². The topological polar surface area (TPSA) is 58.3 Å². The van der Waals surface area contributed by atoms with Gasteiger partial charge in [-0.1, -0.05) is 30.3 Å². The largest absolute Gasteiger partial charge is 0.384 e. The second kappa shape index (κ2) is 5.25. The summed E-state index contributed by atoms with van der Waals surface area (Å²) in [4.78, 5) is 13.5. The molecule has 0 aliphatic carbocycles. The van der Waals surface area contributed by atoms with E-state index in [0.29, 0.717) is 23.7 Å². The summed E-state index contributed by atoms with van der Waals surface area (Å²) in [6, 6.07) is 13.0. The highest BCUT2D eigenvalue weighted by molar-refractivity contribution is 5.40. The number of rotatable bonds is 2. The first-order valence-corrected chi connectivity index (χ1v) is 7.81. The molecule has 3 atom stereocenters. The number of nitrogens with two attached hydrogens (primary N) is 1. The Morgan fingerprint density at radius 2 is 1.91 bits per heavy atom. The number of anilines is 2. The maximum absolute atomic E-state index is 5.80. The molecule has 5 heteroatoms. The number of aromatic nitrogens is 2. The molecule has 2 aromatic rings. The van der Waals surface area contributed by atoms with Gasteiger partial charge >= 0.3 is 0 Å². The Hall–Kier alpha value is -2.14. The molecule has 2 aliphatic heterocycles. The van der Waals surface area contributed by atoms with E-state index >= 15 is 0 Å². The average Bonchev–Trinajstić information content (AvgIpc) is 3.04. The van der Waals surface area contributed by atoms with Gasteiger partial charge < -0.3 is 10.6 Å². The van der Waals surface area contributed by atoms with Crippen LogP contribution in [0.25, 0.3) is 0 Å². The van der Waals surface area contributed by atoms with Crippen LogP contribution in [0.2, 0.25) is 0 Å². The van der Waals surface area contributed by atoms with Crippen LogP contribution in [0.15, 0.2) is 42.6 Å². The van der Waals surface area contributed by atoms with Gasteiger partial charge in [0.2, 0.25) is 5.95 Å². The zero-order valence-electron chi connectivity index (χ0n) is 12.8. The lowest BCUT2D eigenvalue weighted by molar-refractivity contribution is 0.279. The molecule has 22 heavy (non-hydrogen) atoms. The first-order valence-electron chi connectivity index (χ1n) is 7.81. The van der Waals surface area contributed by atoms with E-state index in [-0.39, 0.29) is 0 Å². The van der Waals surface area contributed by atoms with Crippen LogP contribution < -0.4 is 10.6 Å². The fourth-order valence-corrected chi connectivity index (χ4v) is 4.09. The number of hydrogen-bond donors (Lipinski definition) is 1. The lowest BCUT2D eigenvalue weighted by atomic mass is 9.90. The number of fused-ring (bicyclic) bond motifs is 1. The van der Waals surface area contributed by atoms with Crippen molar-refractivity contribution in [1.29, 1.82) is 0 Å². The molecule has 2 saturated heterocycles. The molecule has 0 amide bonds. The van der Waals surface area contributed by atoms with Gasteiger partial charge in [-0.15, -0.1) is 0 Å². The molecule has 1 aromatic carbocycles. The van der Waals surface area contributed by atoms with Gasteiger partial charge in [0.25, 0.3) is 0 Å². The summed E-state index contributed by atoms with van der Waals surface area (Å²) in [6.07, 6.45) is 1.74. The quantitative estimate of drug-likeness (QED) is 0.915. The van der Waals surface area contributed by atoms with Crippen molar-refractivity contribution in [3.8, 4) is 0 Å². The van der Waals surface area contributed by atoms with Crippen LogP contribution in [0.3, 0.4) is 0 Å². The molecule has 114 valence electrons. The maximum Gasteiger partial charge on any atom is 0.227 e. The van der Waals surface area contributed by atoms with Crippen molar-refractivity contribution in [2.24, 2.45) is 11.8 Å². The van der Waals surface area contributed by atoms with E-state index in [9.17, 15) is 0 Å². The molecule has 0 bridgehead atoms. The molecular weight excluding hydrogens is 274 g/mol. The Balaban J connectivity index is 1.59. The molecule has 5 nitrogen and oxygen atoms in total. The van der Waals surface area contributed by atoms with Gasteiger partial charge in [-0.3, -0.25) is 4.90 Å². The Kier molecular flexibility index (Phi) is 3.22. The average molecular weight is 295 g/mol. The number of hydrogen-bond acceptors (Lipinski definition) is 5. The Morgan fingerprint density at radius 3 is 2.68 bits per heavy atom. The maximum atomic E-state index is 5.80. The molecule has 1 aromatic heterocycles. The highest BCUT2D eigenvalue weighted by Gasteiger charge is 2.46. The van der Waals surface area contributed by atoms with Crippen molar-refractivity contribution in [3.63, 3.8) is 0 Å². The lowest BCUT2D eigenvalue weighted by Crippen LogP contribution is -2.30. The number of nitrogen functional groups attached to an aromatic ring is 1. The third-order valence-electron chi connectivity index (χ3n) is 4.98. The second-order valence-electron chi connectivity index (χ2n) is 6.41. The van der Waals surface area contributed by atoms with E-state index in [1.54, 1.807) is 12.3 Å². The van der Waals surface area contributed by atoms with E-state index in [0.717, 1.165) is 25.6 Å². The molecule has 0 spiro atoms. The normalized spacial score (nSPS) is 28.0. The van der Waals surface area contributed by atoms with Crippen LogP contribution in [0, 0.1) is 11.8 Å². The van der Waals surface area contributed by atoms with Crippen LogP contribution in [0.4, 0.5) is 11.8 Å². The first kappa shape index (κ1) is 13.5. The van der Waals surface area contributed by atoms with Crippen LogP contribution in [0.5, 0.6) is 0 Å². The van der Waals surface area contributed by atoms with Crippen molar-refractivity contribution < 1.29 is 0 Å². The molecule has 2 N–H and O–H groups in total. The van der Waals surface area contributed by atoms with Gasteiger partial charge in [0.05, 0.1) is 0 Å². The van der Waals surface area contributed by atoms with E-state index in [2.05, 4.69) is 57.1 Å². The summed E-state index contributed by atoms with van der Waals surface area (Å²) in [6.45, 7) is 3.14. The highest BCUT2D eigenvalue weighted by Crippen LogP contribution is 2.44. The molecule has 2 aliphatic rings. The molecule has 0 unspecified atom stereocenters. The minimum absolute atomic E-state index is 0.484.